The van der Waals surface area contributed by atoms with E-state index in [4.69, 9.17) is 4.74 Å². The Morgan fingerprint density at radius 3 is 2.67 bits per heavy atom. The van der Waals surface area contributed by atoms with Gasteiger partial charge in [-0.1, -0.05) is 13.3 Å². The van der Waals surface area contributed by atoms with Crippen LogP contribution in [0.5, 0.6) is 0 Å². The number of amides is 1. The predicted octanol–water partition coefficient (Wildman–Crippen LogP) is 1.79. The molecule has 0 bridgehead atoms. The lowest BCUT2D eigenvalue weighted by Crippen LogP contribution is -2.45. The summed E-state index contributed by atoms with van der Waals surface area (Å²) in [5.74, 6) is 0.207. The molecular formula is C14H28N2O2. The van der Waals surface area contributed by atoms with Gasteiger partial charge in [-0.15, -0.1) is 0 Å². The zero-order valence-corrected chi connectivity index (χ0v) is 12.1. The van der Waals surface area contributed by atoms with E-state index in [0.29, 0.717) is 18.7 Å². The van der Waals surface area contributed by atoms with Crippen molar-refractivity contribution >= 4 is 5.91 Å². The van der Waals surface area contributed by atoms with Gasteiger partial charge in [0.25, 0.3) is 0 Å². The van der Waals surface area contributed by atoms with Gasteiger partial charge in [-0.25, -0.2) is 0 Å². The van der Waals surface area contributed by atoms with Crippen molar-refractivity contribution in [1.29, 1.82) is 0 Å². The van der Waals surface area contributed by atoms with E-state index in [1.807, 2.05) is 18.7 Å². The maximum absolute atomic E-state index is 11.9. The third-order valence-corrected chi connectivity index (χ3v) is 3.64. The van der Waals surface area contributed by atoms with Crippen molar-refractivity contribution in [2.45, 2.75) is 58.6 Å². The van der Waals surface area contributed by atoms with E-state index >= 15 is 0 Å². The summed E-state index contributed by atoms with van der Waals surface area (Å²) in [4.78, 5) is 13.8. The highest BCUT2D eigenvalue weighted by atomic mass is 16.5. The molecule has 0 spiro atoms. The van der Waals surface area contributed by atoms with Crippen molar-refractivity contribution in [2.75, 3.05) is 26.2 Å². The van der Waals surface area contributed by atoms with Crippen LogP contribution in [0.25, 0.3) is 0 Å². The second-order valence-corrected chi connectivity index (χ2v) is 4.95. The van der Waals surface area contributed by atoms with Crippen LogP contribution in [-0.4, -0.2) is 49.2 Å². The summed E-state index contributed by atoms with van der Waals surface area (Å²) in [6, 6.07) is 0.440. The van der Waals surface area contributed by atoms with E-state index in [1.165, 1.54) is 0 Å². The molecule has 0 saturated carbocycles. The van der Waals surface area contributed by atoms with E-state index in [2.05, 4.69) is 12.2 Å². The quantitative estimate of drug-likeness (QED) is 0.755. The Morgan fingerprint density at radius 1 is 1.33 bits per heavy atom. The Labute approximate surface area is 111 Å². The van der Waals surface area contributed by atoms with Crippen molar-refractivity contribution in [3.8, 4) is 0 Å². The van der Waals surface area contributed by atoms with Gasteiger partial charge in [0.15, 0.2) is 0 Å². The monoisotopic (exact) mass is 256 g/mol. The van der Waals surface area contributed by atoms with Crippen molar-refractivity contribution in [2.24, 2.45) is 0 Å². The first-order chi connectivity index (χ1) is 8.71. The zero-order valence-electron chi connectivity index (χ0n) is 12.1. The summed E-state index contributed by atoms with van der Waals surface area (Å²) < 4.78 is 5.71. The molecule has 2 unspecified atom stereocenters. The lowest BCUT2D eigenvalue weighted by atomic mass is 10.00. The van der Waals surface area contributed by atoms with Crippen LogP contribution in [0.4, 0.5) is 0 Å². The average Bonchev–Trinajstić information content (AvgIpc) is 2.39. The van der Waals surface area contributed by atoms with Gasteiger partial charge in [0.05, 0.1) is 12.6 Å². The van der Waals surface area contributed by atoms with Crippen LogP contribution in [0.15, 0.2) is 0 Å². The number of ether oxygens (including phenoxy) is 1. The minimum atomic E-state index is 0.207. The molecule has 1 aliphatic rings. The maximum atomic E-state index is 11.9. The van der Waals surface area contributed by atoms with Gasteiger partial charge in [0.2, 0.25) is 5.91 Å². The molecule has 1 aliphatic heterocycles. The van der Waals surface area contributed by atoms with Crippen molar-refractivity contribution in [3.63, 3.8) is 0 Å². The molecule has 0 aromatic carbocycles. The second kappa shape index (κ2) is 8.48. The standard InChI is InChI=1S/C14H28N2O2/c1-4-7-13-10-12(8-9-18-13)15-11-14(17)16(5-2)6-3/h12-13,15H,4-11H2,1-3H3. The van der Waals surface area contributed by atoms with Crippen LogP contribution >= 0.6 is 0 Å². The third kappa shape index (κ3) is 4.94. The van der Waals surface area contributed by atoms with E-state index in [0.717, 1.165) is 45.4 Å². The number of rotatable bonds is 7. The topological polar surface area (TPSA) is 41.6 Å². The normalized spacial score (nSPS) is 23.9. The molecule has 1 heterocycles. The summed E-state index contributed by atoms with van der Waals surface area (Å²) in [6.07, 6.45) is 4.73. The molecule has 0 radical (unpaired) electrons. The van der Waals surface area contributed by atoms with Gasteiger partial charge in [0, 0.05) is 25.7 Å². The highest BCUT2D eigenvalue weighted by Gasteiger charge is 2.22. The van der Waals surface area contributed by atoms with Crippen LogP contribution in [-0.2, 0) is 9.53 Å². The van der Waals surface area contributed by atoms with Crippen LogP contribution in [0.3, 0.4) is 0 Å². The summed E-state index contributed by atoms with van der Waals surface area (Å²) in [7, 11) is 0. The SMILES string of the molecule is CCCC1CC(NCC(=O)N(CC)CC)CCO1. The van der Waals surface area contributed by atoms with Crippen LogP contribution in [0.1, 0.15) is 46.5 Å². The van der Waals surface area contributed by atoms with Gasteiger partial charge < -0.3 is 15.0 Å². The van der Waals surface area contributed by atoms with Gasteiger partial charge in [0.1, 0.15) is 0 Å². The van der Waals surface area contributed by atoms with E-state index in [1.54, 1.807) is 0 Å². The number of hydrogen-bond donors (Lipinski definition) is 1. The van der Waals surface area contributed by atoms with Crippen molar-refractivity contribution in [3.05, 3.63) is 0 Å². The molecular weight excluding hydrogens is 228 g/mol. The van der Waals surface area contributed by atoms with Gasteiger partial charge >= 0.3 is 0 Å². The first-order valence-corrected chi connectivity index (χ1v) is 7.33. The molecule has 0 aliphatic carbocycles. The molecule has 1 rings (SSSR count). The molecule has 1 saturated heterocycles. The van der Waals surface area contributed by atoms with Crippen LogP contribution in [0, 0.1) is 0 Å². The van der Waals surface area contributed by atoms with E-state index in [9.17, 15) is 4.79 Å². The number of nitrogens with one attached hydrogen (secondary N) is 1. The fourth-order valence-electron chi connectivity index (χ4n) is 2.51. The van der Waals surface area contributed by atoms with E-state index < -0.39 is 0 Å². The number of carbonyl (C=O) groups is 1. The van der Waals surface area contributed by atoms with Crippen LogP contribution < -0.4 is 5.32 Å². The lowest BCUT2D eigenvalue weighted by molar-refractivity contribution is -0.130. The number of likely N-dealkylation sites (N-methyl/N-ethyl adjacent to an activating group) is 1. The summed E-state index contributed by atoms with van der Waals surface area (Å²) >= 11 is 0. The van der Waals surface area contributed by atoms with Gasteiger partial charge in [-0.3, -0.25) is 4.79 Å². The fourth-order valence-corrected chi connectivity index (χ4v) is 2.51. The molecule has 2 atom stereocenters. The third-order valence-electron chi connectivity index (χ3n) is 3.64. The molecule has 18 heavy (non-hydrogen) atoms. The minimum absolute atomic E-state index is 0.207. The molecule has 1 amide bonds. The molecule has 4 nitrogen and oxygen atoms in total. The van der Waals surface area contributed by atoms with Gasteiger partial charge in [-0.2, -0.15) is 0 Å². The Morgan fingerprint density at radius 2 is 2.06 bits per heavy atom. The summed E-state index contributed by atoms with van der Waals surface area (Å²) in [6.45, 7) is 9.10. The highest BCUT2D eigenvalue weighted by molar-refractivity contribution is 5.78. The summed E-state index contributed by atoms with van der Waals surface area (Å²) in [5.41, 5.74) is 0. The largest absolute Gasteiger partial charge is 0.378 e. The fraction of sp³-hybridized carbons (Fsp3) is 0.929. The van der Waals surface area contributed by atoms with E-state index in [-0.39, 0.29) is 5.91 Å². The smallest absolute Gasteiger partial charge is 0.236 e. The first kappa shape index (κ1) is 15.4. The molecule has 4 heteroatoms. The molecule has 0 aromatic heterocycles. The predicted molar refractivity (Wildman–Crippen MR) is 73.6 cm³/mol. The summed E-state index contributed by atoms with van der Waals surface area (Å²) in [5, 5.41) is 3.39. The highest BCUT2D eigenvalue weighted by Crippen LogP contribution is 2.17. The van der Waals surface area contributed by atoms with Crippen LogP contribution in [0.2, 0.25) is 0 Å². The maximum Gasteiger partial charge on any atom is 0.236 e. The number of nitrogens with zero attached hydrogens (tertiary/aromatic N) is 1. The zero-order chi connectivity index (χ0) is 13.4. The second-order valence-electron chi connectivity index (χ2n) is 4.95. The first-order valence-electron chi connectivity index (χ1n) is 7.33. The number of hydrogen-bond acceptors (Lipinski definition) is 3. The minimum Gasteiger partial charge on any atom is -0.378 e. The average molecular weight is 256 g/mol. The van der Waals surface area contributed by atoms with Gasteiger partial charge in [-0.05, 0) is 33.1 Å². The molecule has 106 valence electrons. The molecule has 1 N–H and O–H groups in total. The lowest BCUT2D eigenvalue weighted by Gasteiger charge is -2.30. The Kier molecular flexibility index (Phi) is 7.28. The molecule has 1 fully saturated rings. The van der Waals surface area contributed by atoms with Crippen molar-refractivity contribution in [1.82, 2.24) is 10.2 Å². The van der Waals surface area contributed by atoms with Crippen molar-refractivity contribution < 1.29 is 9.53 Å². The Hall–Kier alpha value is -0.610. The molecule has 0 aromatic rings. The Bertz CT molecular complexity index is 240. The number of carbonyl (C=O) groups excluding carboxylic acids is 1. The Balaban J connectivity index is 2.27.